The molecule has 1 amide bonds. The molecule has 5 rings (SSSR count). The quantitative estimate of drug-likeness (QED) is 0.918. The maximum atomic E-state index is 12.0. The van der Waals surface area contributed by atoms with Crippen LogP contribution < -0.4 is 4.90 Å². The average molecular weight is 343 g/mol. The molecular formula is C18H21N3O2S. The first kappa shape index (κ1) is 15.6. The number of amides is 1. The van der Waals surface area contributed by atoms with Crippen LogP contribution in [0.2, 0.25) is 0 Å². The number of piperidine rings is 3. The Morgan fingerprint density at radius 1 is 1.21 bits per heavy atom. The zero-order valence-corrected chi connectivity index (χ0v) is 14.3. The Morgan fingerprint density at radius 2 is 1.88 bits per heavy atom. The number of carboxylic acid groups (broad SMARTS) is 1. The smallest absolute Gasteiger partial charge is 0.413 e. The van der Waals surface area contributed by atoms with E-state index >= 15 is 0 Å². The van der Waals surface area contributed by atoms with Crippen LogP contribution in [0.15, 0.2) is 35.8 Å². The van der Waals surface area contributed by atoms with Crippen molar-refractivity contribution in [2.75, 3.05) is 31.1 Å². The number of hydrogen-bond acceptors (Lipinski definition) is 4. The second-order valence-corrected chi connectivity index (χ2v) is 7.69. The van der Waals surface area contributed by atoms with E-state index in [1.165, 1.54) is 16.2 Å². The van der Waals surface area contributed by atoms with Crippen LogP contribution >= 0.6 is 11.3 Å². The molecule has 6 heteroatoms. The van der Waals surface area contributed by atoms with Crippen molar-refractivity contribution in [3.05, 3.63) is 35.8 Å². The van der Waals surface area contributed by atoms with Gasteiger partial charge in [-0.25, -0.2) is 9.78 Å². The van der Waals surface area contributed by atoms with Gasteiger partial charge in [0, 0.05) is 6.54 Å². The molecule has 2 bridgehead atoms. The summed E-state index contributed by atoms with van der Waals surface area (Å²) in [6.45, 7) is 3.84. The lowest BCUT2D eigenvalue weighted by Crippen LogP contribution is -2.53. The third kappa shape index (κ3) is 2.80. The Hall–Kier alpha value is -1.92. The van der Waals surface area contributed by atoms with Crippen LogP contribution in [0.3, 0.4) is 0 Å². The molecule has 4 heterocycles. The van der Waals surface area contributed by atoms with Crippen molar-refractivity contribution >= 4 is 23.2 Å². The lowest BCUT2D eigenvalue weighted by Gasteiger charge is -2.49. The number of thiazole rings is 1. The molecule has 0 atom stereocenters. The van der Waals surface area contributed by atoms with E-state index in [9.17, 15) is 9.90 Å². The van der Waals surface area contributed by atoms with Gasteiger partial charge in [0.05, 0.1) is 10.4 Å². The lowest BCUT2D eigenvalue weighted by molar-refractivity contribution is 0.0315. The van der Waals surface area contributed by atoms with Crippen LogP contribution in [-0.2, 0) is 0 Å². The van der Waals surface area contributed by atoms with Gasteiger partial charge in [-0.1, -0.05) is 30.3 Å². The highest BCUT2D eigenvalue weighted by molar-refractivity contribution is 7.13. The Balaban J connectivity index is 1.65. The molecule has 5 nitrogen and oxygen atoms in total. The minimum absolute atomic E-state index is 0.116. The van der Waals surface area contributed by atoms with Gasteiger partial charge in [0.1, 0.15) is 0 Å². The number of fused-ring (bicyclic) bond motifs is 3. The molecule has 0 saturated carbocycles. The zero-order chi connectivity index (χ0) is 16.6. The number of nitrogens with zero attached hydrogens (tertiary/aromatic N) is 3. The van der Waals surface area contributed by atoms with E-state index in [0.717, 1.165) is 49.3 Å². The second-order valence-electron chi connectivity index (χ2n) is 6.83. The molecule has 24 heavy (non-hydrogen) atoms. The molecular weight excluding hydrogens is 322 g/mol. The highest BCUT2D eigenvalue weighted by atomic mass is 32.1. The van der Waals surface area contributed by atoms with Crippen molar-refractivity contribution < 1.29 is 9.90 Å². The predicted molar refractivity (Wildman–Crippen MR) is 95.6 cm³/mol. The number of benzene rings is 1. The fourth-order valence-corrected chi connectivity index (χ4v) is 4.72. The molecule has 0 spiro atoms. The van der Waals surface area contributed by atoms with Crippen LogP contribution in [-0.4, -0.2) is 47.3 Å². The van der Waals surface area contributed by atoms with Gasteiger partial charge in [0.15, 0.2) is 5.82 Å². The van der Waals surface area contributed by atoms with Gasteiger partial charge in [0.2, 0.25) is 0 Å². The van der Waals surface area contributed by atoms with Crippen molar-refractivity contribution in [1.29, 1.82) is 0 Å². The number of aromatic nitrogens is 1. The van der Waals surface area contributed by atoms with E-state index in [1.54, 1.807) is 5.51 Å². The summed E-state index contributed by atoms with van der Waals surface area (Å²) in [4.78, 5) is 21.3. The number of rotatable bonds is 4. The van der Waals surface area contributed by atoms with Crippen molar-refractivity contribution in [2.24, 2.45) is 5.41 Å². The molecule has 3 aliphatic rings. The molecule has 0 unspecified atom stereocenters. The standard InChI is InChI=1S/C18H21N3O2S/c22-17(23)21(12-18-6-9-20(10-7-18)11-8-18)16-15(24-13-19-16)14-4-2-1-3-5-14/h1-5,13H,6-12H2,(H,22,23). The van der Waals surface area contributed by atoms with E-state index in [0.29, 0.717) is 12.4 Å². The Morgan fingerprint density at radius 3 is 2.50 bits per heavy atom. The van der Waals surface area contributed by atoms with Gasteiger partial charge < -0.3 is 10.0 Å². The largest absolute Gasteiger partial charge is 0.465 e. The Bertz CT molecular complexity index is 709. The number of carbonyl (C=O) groups is 1. The van der Waals surface area contributed by atoms with E-state index in [1.807, 2.05) is 30.3 Å². The summed E-state index contributed by atoms with van der Waals surface area (Å²) < 4.78 is 0. The van der Waals surface area contributed by atoms with Gasteiger partial charge in [-0.05, 0) is 49.9 Å². The van der Waals surface area contributed by atoms with Crippen molar-refractivity contribution in [2.45, 2.75) is 19.3 Å². The van der Waals surface area contributed by atoms with Crippen LogP contribution in [0, 0.1) is 5.41 Å². The monoisotopic (exact) mass is 343 g/mol. The van der Waals surface area contributed by atoms with Gasteiger partial charge in [-0.2, -0.15) is 0 Å². The molecule has 0 aliphatic carbocycles. The van der Waals surface area contributed by atoms with Crippen molar-refractivity contribution in [1.82, 2.24) is 9.88 Å². The van der Waals surface area contributed by atoms with E-state index in [2.05, 4.69) is 9.88 Å². The number of anilines is 1. The lowest BCUT2D eigenvalue weighted by atomic mass is 9.71. The molecule has 3 saturated heterocycles. The fraction of sp³-hybridized carbons (Fsp3) is 0.444. The number of hydrogen-bond donors (Lipinski definition) is 1. The Labute approximate surface area is 145 Å². The molecule has 3 aliphatic heterocycles. The van der Waals surface area contributed by atoms with Crippen molar-refractivity contribution in [3.63, 3.8) is 0 Å². The first-order chi connectivity index (χ1) is 11.7. The molecule has 1 aromatic heterocycles. The summed E-state index contributed by atoms with van der Waals surface area (Å²) in [5.74, 6) is 0.584. The topological polar surface area (TPSA) is 56.7 Å². The summed E-state index contributed by atoms with van der Waals surface area (Å²) in [6.07, 6.45) is 2.35. The van der Waals surface area contributed by atoms with E-state index in [4.69, 9.17) is 0 Å². The molecule has 2 aromatic rings. The summed E-state index contributed by atoms with van der Waals surface area (Å²) >= 11 is 1.50. The third-order valence-electron chi connectivity index (χ3n) is 5.44. The maximum Gasteiger partial charge on any atom is 0.413 e. The normalized spacial score (nSPS) is 25.6. The van der Waals surface area contributed by atoms with E-state index < -0.39 is 6.09 Å². The summed E-state index contributed by atoms with van der Waals surface area (Å²) in [5.41, 5.74) is 2.89. The summed E-state index contributed by atoms with van der Waals surface area (Å²) in [6, 6.07) is 9.93. The van der Waals surface area contributed by atoms with Crippen molar-refractivity contribution in [3.8, 4) is 10.4 Å². The van der Waals surface area contributed by atoms with Crippen LogP contribution in [0.4, 0.5) is 10.6 Å². The maximum absolute atomic E-state index is 12.0. The average Bonchev–Trinajstić information content (AvgIpc) is 3.11. The van der Waals surface area contributed by atoms with Gasteiger partial charge in [-0.3, -0.25) is 4.90 Å². The highest BCUT2D eigenvalue weighted by Gasteiger charge is 2.42. The fourth-order valence-electron chi connectivity index (χ4n) is 3.92. The van der Waals surface area contributed by atoms with Gasteiger partial charge in [-0.15, -0.1) is 11.3 Å². The summed E-state index contributed by atoms with van der Waals surface area (Å²) in [7, 11) is 0. The Kier molecular flexibility index (Phi) is 4.02. The molecule has 1 N–H and O–H groups in total. The predicted octanol–water partition coefficient (Wildman–Crippen LogP) is 3.78. The second kappa shape index (κ2) is 6.18. The first-order valence-electron chi connectivity index (χ1n) is 8.39. The van der Waals surface area contributed by atoms with Gasteiger partial charge >= 0.3 is 6.09 Å². The third-order valence-corrected chi connectivity index (χ3v) is 6.30. The first-order valence-corrected chi connectivity index (χ1v) is 9.27. The molecule has 0 radical (unpaired) electrons. The van der Waals surface area contributed by atoms with Crippen LogP contribution in [0.1, 0.15) is 19.3 Å². The minimum atomic E-state index is -0.902. The zero-order valence-electron chi connectivity index (χ0n) is 13.5. The molecule has 126 valence electrons. The molecule has 3 fully saturated rings. The van der Waals surface area contributed by atoms with Crippen LogP contribution in [0.5, 0.6) is 0 Å². The SMILES string of the molecule is O=C(O)N(CC12CCN(CC1)CC2)c1ncsc1-c1ccccc1. The minimum Gasteiger partial charge on any atom is -0.465 e. The van der Waals surface area contributed by atoms with Crippen LogP contribution in [0.25, 0.3) is 10.4 Å². The van der Waals surface area contributed by atoms with E-state index in [-0.39, 0.29) is 5.41 Å². The van der Waals surface area contributed by atoms with Gasteiger partial charge in [0.25, 0.3) is 0 Å². The highest BCUT2D eigenvalue weighted by Crippen LogP contribution is 2.43. The summed E-state index contributed by atoms with van der Waals surface area (Å²) in [5, 5.41) is 9.85. The molecule has 1 aromatic carbocycles.